The van der Waals surface area contributed by atoms with Crippen LogP contribution in [-0.2, 0) is 11.3 Å². The van der Waals surface area contributed by atoms with Crippen molar-refractivity contribution in [2.24, 2.45) is 5.73 Å². The lowest BCUT2D eigenvalue weighted by atomic mass is 10.2. The fraction of sp³-hybridized carbons (Fsp3) is 0.500. The summed E-state index contributed by atoms with van der Waals surface area (Å²) < 4.78 is 10.7. The molecule has 1 unspecified atom stereocenters. The van der Waals surface area contributed by atoms with Gasteiger partial charge in [-0.2, -0.15) is 0 Å². The normalized spacial score (nSPS) is 12.5. The average Bonchev–Trinajstić information content (AvgIpc) is 2.26. The molecule has 0 aliphatic heterocycles. The molecule has 0 heterocycles. The molecule has 0 aliphatic carbocycles. The lowest BCUT2D eigenvalue weighted by Crippen LogP contribution is -2.14. The molecule has 1 aromatic rings. The van der Waals surface area contributed by atoms with Gasteiger partial charge in [0.2, 0.25) is 0 Å². The third kappa shape index (κ3) is 4.32. The third-order valence-corrected chi connectivity index (χ3v) is 2.20. The summed E-state index contributed by atoms with van der Waals surface area (Å²) in [7, 11) is 1.70. The van der Waals surface area contributed by atoms with E-state index < -0.39 is 0 Å². The first-order chi connectivity index (χ1) is 7.26. The maximum Gasteiger partial charge on any atom is 0.120 e. The molecule has 0 aliphatic rings. The zero-order chi connectivity index (χ0) is 11.1. The molecule has 0 spiro atoms. The van der Waals surface area contributed by atoms with Crippen molar-refractivity contribution in [3.05, 3.63) is 29.8 Å². The molecule has 0 radical (unpaired) electrons. The van der Waals surface area contributed by atoms with Gasteiger partial charge in [-0.25, -0.2) is 0 Å². The number of hydrogen-bond donors (Lipinski definition) is 1. The van der Waals surface area contributed by atoms with Gasteiger partial charge in [0, 0.05) is 26.7 Å². The molecule has 0 fully saturated rings. The van der Waals surface area contributed by atoms with Crippen molar-refractivity contribution in [1.82, 2.24) is 0 Å². The van der Waals surface area contributed by atoms with E-state index >= 15 is 0 Å². The molecule has 15 heavy (non-hydrogen) atoms. The molecule has 0 aromatic heterocycles. The molecule has 0 bridgehead atoms. The predicted molar refractivity (Wildman–Crippen MR) is 60.9 cm³/mol. The first-order valence-corrected chi connectivity index (χ1v) is 5.21. The summed E-state index contributed by atoms with van der Waals surface area (Å²) >= 11 is 0. The van der Waals surface area contributed by atoms with Crippen LogP contribution in [0, 0.1) is 0 Å². The van der Waals surface area contributed by atoms with Gasteiger partial charge < -0.3 is 15.2 Å². The molecule has 1 aromatic carbocycles. The molecule has 1 atom stereocenters. The highest BCUT2D eigenvalue weighted by Crippen LogP contribution is 2.15. The third-order valence-electron chi connectivity index (χ3n) is 2.20. The van der Waals surface area contributed by atoms with E-state index in [1.807, 2.05) is 31.2 Å². The van der Waals surface area contributed by atoms with Crippen molar-refractivity contribution >= 4 is 0 Å². The fourth-order valence-electron chi connectivity index (χ4n) is 1.32. The first kappa shape index (κ1) is 12.0. The van der Waals surface area contributed by atoms with Crippen LogP contribution in [-0.4, -0.2) is 19.8 Å². The maximum absolute atomic E-state index is 5.72. The van der Waals surface area contributed by atoms with Crippen molar-refractivity contribution in [1.29, 1.82) is 0 Å². The number of rotatable bonds is 6. The summed E-state index contributed by atoms with van der Waals surface area (Å²) in [6, 6.07) is 7.87. The Bertz CT molecular complexity index is 289. The van der Waals surface area contributed by atoms with Gasteiger partial charge in [0.25, 0.3) is 0 Å². The average molecular weight is 209 g/mol. The summed E-state index contributed by atoms with van der Waals surface area (Å²) in [6.07, 6.45) is 1.06. The summed E-state index contributed by atoms with van der Waals surface area (Å²) in [5.41, 5.74) is 6.64. The Labute approximate surface area is 91.2 Å². The van der Waals surface area contributed by atoms with Gasteiger partial charge in [-0.05, 0) is 24.6 Å². The lowest BCUT2D eigenvalue weighted by molar-refractivity contribution is 0.135. The highest BCUT2D eigenvalue weighted by atomic mass is 16.5. The van der Waals surface area contributed by atoms with Crippen LogP contribution >= 0.6 is 0 Å². The molecule has 2 N–H and O–H groups in total. The van der Waals surface area contributed by atoms with Gasteiger partial charge in [-0.1, -0.05) is 12.1 Å². The van der Waals surface area contributed by atoms with Gasteiger partial charge in [-0.15, -0.1) is 0 Å². The zero-order valence-corrected chi connectivity index (χ0v) is 9.40. The van der Waals surface area contributed by atoms with Crippen LogP contribution in [0.3, 0.4) is 0 Å². The Morgan fingerprint density at radius 1 is 1.40 bits per heavy atom. The van der Waals surface area contributed by atoms with Gasteiger partial charge in [0.15, 0.2) is 0 Å². The zero-order valence-electron chi connectivity index (χ0n) is 9.40. The van der Waals surface area contributed by atoms with E-state index in [4.69, 9.17) is 15.2 Å². The van der Waals surface area contributed by atoms with Crippen LogP contribution in [0.25, 0.3) is 0 Å². The Balaban J connectivity index is 2.48. The Morgan fingerprint density at radius 3 is 2.87 bits per heavy atom. The lowest BCUT2D eigenvalue weighted by Gasteiger charge is -2.14. The van der Waals surface area contributed by atoms with Crippen LogP contribution in [0.15, 0.2) is 24.3 Å². The second-order valence-corrected chi connectivity index (χ2v) is 3.56. The summed E-state index contributed by atoms with van der Waals surface area (Å²) in [5.74, 6) is 0.876. The monoisotopic (exact) mass is 209 g/mol. The smallest absolute Gasteiger partial charge is 0.120 e. The van der Waals surface area contributed by atoms with E-state index in [0.717, 1.165) is 24.3 Å². The SMILES string of the molecule is COCCC(C)Oc1cccc(CN)c1. The van der Waals surface area contributed by atoms with E-state index in [0.29, 0.717) is 6.54 Å². The molecule has 1 rings (SSSR count). The number of methoxy groups -OCH3 is 1. The maximum atomic E-state index is 5.72. The first-order valence-electron chi connectivity index (χ1n) is 5.21. The molecule has 3 heteroatoms. The number of ether oxygens (including phenoxy) is 2. The van der Waals surface area contributed by atoms with E-state index in [1.165, 1.54) is 0 Å². The number of nitrogens with two attached hydrogens (primary N) is 1. The largest absolute Gasteiger partial charge is 0.491 e. The van der Waals surface area contributed by atoms with E-state index in [9.17, 15) is 0 Å². The standard InChI is InChI=1S/C12H19NO2/c1-10(6-7-14-2)15-12-5-3-4-11(8-12)9-13/h3-5,8,10H,6-7,9,13H2,1-2H3. The van der Waals surface area contributed by atoms with E-state index in [-0.39, 0.29) is 6.10 Å². The highest BCUT2D eigenvalue weighted by molar-refractivity contribution is 5.28. The van der Waals surface area contributed by atoms with Crippen molar-refractivity contribution in [2.45, 2.75) is 26.0 Å². The summed E-state index contributed by atoms with van der Waals surface area (Å²) in [6.45, 7) is 3.30. The van der Waals surface area contributed by atoms with Crippen LogP contribution in [0.2, 0.25) is 0 Å². The number of benzene rings is 1. The Morgan fingerprint density at radius 2 is 2.20 bits per heavy atom. The van der Waals surface area contributed by atoms with Gasteiger partial charge in [0.1, 0.15) is 5.75 Å². The topological polar surface area (TPSA) is 44.5 Å². The van der Waals surface area contributed by atoms with Gasteiger partial charge >= 0.3 is 0 Å². The second kappa shape index (κ2) is 6.43. The van der Waals surface area contributed by atoms with Crippen molar-refractivity contribution < 1.29 is 9.47 Å². The van der Waals surface area contributed by atoms with Crippen molar-refractivity contribution in [3.63, 3.8) is 0 Å². The predicted octanol–water partition coefficient (Wildman–Crippen LogP) is 1.95. The van der Waals surface area contributed by atoms with Crippen LogP contribution in [0.4, 0.5) is 0 Å². The minimum Gasteiger partial charge on any atom is -0.491 e. The Kier molecular flexibility index (Phi) is 5.15. The fourth-order valence-corrected chi connectivity index (χ4v) is 1.32. The molecule has 0 amide bonds. The second-order valence-electron chi connectivity index (χ2n) is 3.56. The van der Waals surface area contributed by atoms with Crippen LogP contribution in [0.1, 0.15) is 18.9 Å². The van der Waals surface area contributed by atoms with Crippen LogP contribution < -0.4 is 10.5 Å². The molecule has 3 nitrogen and oxygen atoms in total. The van der Waals surface area contributed by atoms with Crippen molar-refractivity contribution in [2.75, 3.05) is 13.7 Å². The molecular formula is C12H19NO2. The highest BCUT2D eigenvalue weighted by Gasteiger charge is 2.03. The number of hydrogen-bond acceptors (Lipinski definition) is 3. The van der Waals surface area contributed by atoms with Gasteiger partial charge in [-0.3, -0.25) is 0 Å². The van der Waals surface area contributed by atoms with Crippen molar-refractivity contribution in [3.8, 4) is 5.75 Å². The minimum absolute atomic E-state index is 0.165. The quantitative estimate of drug-likeness (QED) is 0.778. The van der Waals surface area contributed by atoms with E-state index in [2.05, 4.69) is 0 Å². The molecule has 0 saturated heterocycles. The Hall–Kier alpha value is -1.06. The van der Waals surface area contributed by atoms with E-state index in [1.54, 1.807) is 7.11 Å². The van der Waals surface area contributed by atoms with Gasteiger partial charge in [0.05, 0.1) is 6.10 Å². The molecule has 0 saturated carbocycles. The molecular weight excluding hydrogens is 190 g/mol. The summed E-state index contributed by atoms with van der Waals surface area (Å²) in [5, 5.41) is 0. The minimum atomic E-state index is 0.165. The molecule has 84 valence electrons. The summed E-state index contributed by atoms with van der Waals surface area (Å²) in [4.78, 5) is 0. The van der Waals surface area contributed by atoms with Crippen LogP contribution in [0.5, 0.6) is 5.75 Å².